The summed E-state index contributed by atoms with van der Waals surface area (Å²) in [4.78, 5) is 2.48. The SMILES string of the molecule is Oc1ccc(CCN2C[C@H]3C[C@H](Oc4ccc(F)cc4F)C[C@H]3C2)cc1. The van der Waals surface area contributed by atoms with Gasteiger partial charge >= 0.3 is 0 Å². The Morgan fingerprint density at radius 1 is 1.00 bits per heavy atom. The lowest BCUT2D eigenvalue weighted by Crippen LogP contribution is -2.26. The molecular weight excluding hydrogens is 336 g/mol. The zero-order valence-electron chi connectivity index (χ0n) is 14.6. The van der Waals surface area contributed by atoms with Crippen molar-refractivity contribution in [1.82, 2.24) is 4.90 Å². The minimum Gasteiger partial charge on any atom is -0.508 e. The first-order chi connectivity index (χ1) is 12.6. The highest BCUT2D eigenvalue weighted by atomic mass is 19.1. The van der Waals surface area contributed by atoms with Gasteiger partial charge in [0.15, 0.2) is 11.6 Å². The number of hydrogen-bond acceptors (Lipinski definition) is 3. The minimum atomic E-state index is -0.627. The summed E-state index contributed by atoms with van der Waals surface area (Å²) in [6.45, 7) is 3.11. The van der Waals surface area contributed by atoms with Crippen molar-refractivity contribution >= 4 is 0 Å². The fraction of sp³-hybridized carbons (Fsp3) is 0.429. The third kappa shape index (κ3) is 3.83. The summed E-state index contributed by atoms with van der Waals surface area (Å²) < 4.78 is 32.5. The van der Waals surface area contributed by atoms with E-state index >= 15 is 0 Å². The Morgan fingerprint density at radius 3 is 2.35 bits per heavy atom. The second-order valence-corrected chi connectivity index (χ2v) is 7.48. The normalized spacial score (nSPS) is 25.4. The van der Waals surface area contributed by atoms with Gasteiger partial charge in [0, 0.05) is 25.7 Å². The maximum absolute atomic E-state index is 13.8. The predicted octanol–water partition coefficient (Wildman–Crippen LogP) is 4.00. The molecule has 4 rings (SSSR count). The monoisotopic (exact) mass is 359 g/mol. The standard InChI is InChI=1S/C21H23F2NO2/c22-17-3-6-21(20(23)11-17)26-19-9-15-12-24(13-16(15)10-19)8-7-14-1-4-18(25)5-2-14/h1-6,11,15-16,19,25H,7-10,12-13H2/t15-,16+,19+. The Hall–Kier alpha value is -2.14. The van der Waals surface area contributed by atoms with Gasteiger partial charge < -0.3 is 14.7 Å². The van der Waals surface area contributed by atoms with Crippen molar-refractivity contribution in [2.45, 2.75) is 25.4 Å². The molecule has 0 amide bonds. The number of ether oxygens (including phenoxy) is 1. The number of fused-ring (bicyclic) bond motifs is 1. The summed E-state index contributed by atoms with van der Waals surface area (Å²) in [6, 6.07) is 10.9. The molecule has 1 heterocycles. The van der Waals surface area contributed by atoms with Gasteiger partial charge in [0.2, 0.25) is 0 Å². The third-order valence-corrected chi connectivity index (χ3v) is 5.62. The van der Waals surface area contributed by atoms with Gasteiger partial charge in [-0.05, 0) is 60.9 Å². The summed E-state index contributed by atoms with van der Waals surface area (Å²) in [5.74, 6) is 0.417. The summed E-state index contributed by atoms with van der Waals surface area (Å²) in [6.07, 6.45) is 2.85. The highest BCUT2D eigenvalue weighted by Gasteiger charge is 2.41. The van der Waals surface area contributed by atoms with Crippen molar-refractivity contribution in [3.05, 3.63) is 59.7 Å². The molecule has 1 aliphatic carbocycles. The average Bonchev–Trinajstić information content (AvgIpc) is 3.15. The van der Waals surface area contributed by atoms with Gasteiger partial charge in [-0.25, -0.2) is 8.78 Å². The van der Waals surface area contributed by atoms with E-state index in [-0.39, 0.29) is 11.9 Å². The lowest BCUT2D eigenvalue weighted by molar-refractivity contribution is 0.178. The molecule has 2 aromatic carbocycles. The van der Waals surface area contributed by atoms with Crippen LogP contribution in [0.3, 0.4) is 0 Å². The molecule has 1 saturated heterocycles. The summed E-state index contributed by atoms with van der Waals surface area (Å²) >= 11 is 0. The molecule has 0 unspecified atom stereocenters. The average molecular weight is 359 g/mol. The molecule has 1 saturated carbocycles. The Morgan fingerprint density at radius 2 is 1.69 bits per heavy atom. The van der Waals surface area contributed by atoms with E-state index in [0.717, 1.165) is 45.0 Å². The lowest BCUT2D eigenvalue weighted by atomic mass is 10.0. The summed E-state index contributed by atoms with van der Waals surface area (Å²) in [7, 11) is 0. The van der Waals surface area contributed by atoms with E-state index in [2.05, 4.69) is 4.90 Å². The van der Waals surface area contributed by atoms with E-state index in [9.17, 15) is 13.9 Å². The maximum atomic E-state index is 13.8. The van der Waals surface area contributed by atoms with Crippen molar-refractivity contribution in [3.63, 3.8) is 0 Å². The molecule has 3 atom stereocenters. The van der Waals surface area contributed by atoms with Crippen LogP contribution in [0.5, 0.6) is 11.5 Å². The highest BCUT2D eigenvalue weighted by Crippen LogP contribution is 2.40. The van der Waals surface area contributed by atoms with Crippen LogP contribution in [0.1, 0.15) is 18.4 Å². The molecule has 26 heavy (non-hydrogen) atoms. The summed E-state index contributed by atoms with van der Waals surface area (Å²) in [5, 5.41) is 9.34. The second-order valence-electron chi connectivity index (χ2n) is 7.48. The van der Waals surface area contributed by atoms with Crippen molar-refractivity contribution in [3.8, 4) is 11.5 Å². The molecule has 0 bridgehead atoms. The van der Waals surface area contributed by atoms with Crippen LogP contribution in [0, 0.1) is 23.5 Å². The highest BCUT2D eigenvalue weighted by molar-refractivity contribution is 5.26. The molecule has 5 heteroatoms. The zero-order valence-corrected chi connectivity index (χ0v) is 14.6. The van der Waals surface area contributed by atoms with Gasteiger partial charge in [-0.3, -0.25) is 0 Å². The fourth-order valence-corrected chi connectivity index (χ4v) is 4.32. The third-order valence-electron chi connectivity index (χ3n) is 5.62. The number of likely N-dealkylation sites (tertiary alicyclic amines) is 1. The maximum Gasteiger partial charge on any atom is 0.167 e. The van der Waals surface area contributed by atoms with Crippen LogP contribution in [0.2, 0.25) is 0 Å². The number of nitrogens with zero attached hydrogens (tertiary/aromatic N) is 1. The largest absolute Gasteiger partial charge is 0.508 e. The van der Waals surface area contributed by atoms with Crippen LogP contribution < -0.4 is 4.74 Å². The van der Waals surface area contributed by atoms with E-state index in [1.807, 2.05) is 12.1 Å². The number of aromatic hydroxyl groups is 1. The molecule has 1 aliphatic heterocycles. The lowest BCUT2D eigenvalue weighted by Gasteiger charge is -2.20. The Bertz CT molecular complexity index is 751. The first-order valence-electron chi connectivity index (χ1n) is 9.19. The van der Waals surface area contributed by atoms with Crippen LogP contribution in [-0.2, 0) is 6.42 Å². The van der Waals surface area contributed by atoms with E-state index in [0.29, 0.717) is 17.6 Å². The molecule has 0 radical (unpaired) electrons. The first kappa shape index (κ1) is 17.3. The Kier molecular flexibility index (Phi) is 4.81. The zero-order chi connectivity index (χ0) is 18.1. The van der Waals surface area contributed by atoms with Crippen LogP contribution in [-0.4, -0.2) is 35.7 Å². The number of hydrogen-bond donors (Lipinski definition) is 1. The molecule has 2 aromatic rings. The van der Waals surface area contributed by atoms with E-state index in [1.165, 1.54) is 17.7 Å². The number of phenols is 1. The van der Waals surface area contributed by atoms with Crippen molar-refractivity contribution in [1.29, 1.82) is 0 Å². The van der Waals surface area contributed by atoms with E-state index in [1.54, 1.807) is 12.1 Å². The number of halogens is 2. The molecule has 1 N–H and O–H groups in total. The second kappa shape index (κ2) is 7.23. The Balaban J connectivity index is 1.26. The molecule has 2 aliphatic rings. The predicted molar refractivity (Wildman–Crippen MR) is 95.2 cm³/mol. The Labute approximate surface area is 152 Å². The summed E-state index contributed by atoms with van der Waals surface area (Å²) in [5.41, 5.74) is 1.23. The van der Waals surface area contributed by atoms with Gasteiger partial charge in [-0.15, -0.1) is 0 Å². The van der Waals surface area contributed by atoms with Gasteiger partial charge in [-0.2, -0.15) is 0 Å². The van der Waals surface area contributed by atoms with Crippen molar-refractivity contribution in [2.24, 2.45) is 11.8 Å². The van der Waals surface area contributed by atoms with Gasteiger partial charge in [0.25, 0.3) is 0 Å². The van der Waals surface area contributed by atoms with Gasteiger partial charge in [0.1, 0.15) is 11.6 Å². The number of phenolic OH excluding ortho intramolecular Hbond substituents is 1. The van der Waals surface area contributed by atoms with E-state index in [4.69, 9.17) is 4.74 Å². The minimum absolute atomic E-state index is 0.0178. The first-order valence-corrected chi connectivity index (χ1v) is 9.19. The smallest absolute Gasteiger partial charge is 0.167 e. The van der Waals surface area contributed by atoms with Crippen LogP contribution in [0.25, 0.3) is 0 Å². The molecule has 2 fully saturated rings. The topological polar surface area (TPSA) is 32.7 Å². The van der Waals surface area contributed by atoms with Crippen molar-refractivity contribution in [2.75, 3.05) is 19.6 Å². The number of rotatable bonds is 5. The van der Waals surface area contributed by atoms with E-state index < -0.39 is 11.6 Å². The van der Waals surface area contributed by atoms with Crippen LogP contribution >= 0.6 is 0 Å². The fourth-order valence-electron chi connectivity index (χ4n) is 4.32. The molecule has 0 aromatic heterocycles. The molecule has 138 valence electrons. The van der Waals surface area contributed by atoms with Crippen LogP contribution in [0.4, 0.5) is 8.78 Å². The molecular formula is C21H23F2NO2. The van der Waals surface area contributed by atoms with Gasteiger partial charge in [-0.1, -0.05) is 12.1 Å². The molecule has 3 nitrogen and oxygen atoms in total. The van der Waals surface area contributed by atoms with Gasteiger partial charge in [0.05, 0.1) is 6.10 Å². The number of benzene rings is 2. The van der Waals surface area contributed by atoms with Crippen LogP contribution in [0.15, 0.2) is 42.5 Å². The molecule has 0 spiro atoms. The quantitative estimate of drug-likeness (QED) is 0.876. The van der Waals surface area contributed by atoms with Crippen molar-refractivity contribution < 1.29 is 18.6 Å².